The minimum Gasteiger partial charge on any atom is -0.489 e. The zero-order valence-electron chi connectivity index (χ0n) is 21.7. The van der Waals surface area contributed by atoms with E-state index >= 15 is 0 Å². The second-order valence-electron chi connectivity index (χ2n) is 11.0. The molecule has 6 rings (SSSR count). The highest BCUT2D eigenvalue weighted by Crippen LogP contribution is 2.34. The number of amides is 1. The molecule has 3 aliphatic rings. The lowest BCUT2D eigenvalue weighted by atomic mass is 10.00. The Morgan fingerprint density at radius 2 is 1.79 bits per heavy atom. The molecule has 3 aromatic rings. The third kappa shape index (κ3) is 5.78. The number of aliphatic hydroxyl groups is 1. The van der Waals surface area contributed by atoms with E-state index in [4.69, 9.17) is 16.3 Å². The number of aliphatic hydroxyl groups excluding tert-OH is 1. The second-order valence-corrected chi connectivity index (χ2v) is 11.4. The molecule has 7 heteroatoms. The third-order valence-corrected chi connectivity index (χ3v) is 8.43. The molecule has 1 saturated carbocycles. The molecule has 2 aliphatic heterocycles. The van der Waals surface area contributed by atoms with Crippen LogP contribution in [-0.2, 0) is 4.79 Å². The van der Waals surface area contributed by atoms with Crippen molar-refractivity contribution in [3.8, 4) is 5.75 Å². The highest BCUT2D eigenvalue weighted by atomic mass is 35.5. The van der Waals surface area contributed by atoms with Crippen LogP contribution in [0, 0.1) is 5.92 Å². The van der Waals surface area contributed by atoms with Crippen molar-refractivity contribution in [3.63, 3.8) is 0 Å². The molecule has 0 bridgehead atoms. The Labute approximate surface area is 229 Å². The molecule has 200 valence electrons. The van der Waals surface area contributed by atoms with E-state index in [0.29, 0.717) is 29.4 Å². The Balaban J connectivity index is 1.14. The van der Waals surface area contributed by atoms with E-state index in [1.807, 2.05) is 12.1 Å². The molecule has 3 aromatic carbocycles. The number of ether oxygens (including phenoxy) is 1. The van der Waals surface area contributed by atoms with E-state index in [-0.39, 0.29) is 17.9 Å². The summed E-state index contributed by atoms with van der Waals surface area (Å²) in [4.78, 5) is 18.1. The van der Waals surface area contributed by atoms with Gasteiger partial charge in [-0.15, -0.1) is 0 Å². The number of hydrogen-bond acceptors (Lipinski definition) is 5. The molecule has 3 unspecified atom stereocenters. The van der Waals surface area contributed by atoms with E-state index in [9.17, 15) is 9.90 Å². The third-order valence-electron chi connectivity index (χ3n) is 8.14. The highest BCUT2D eigenvalue weighted by Gasteiger charge is 2.33. The first-order valence-corrected chi connectivity index (χ1v) is 14.3. The van der Waals surface area contributed by atoms with Crippen LogP contribution in [-0.4, -0.2) is 60.8 Å². The van der Waals surface area contributed by atoms with E-state index < -0.39 is 12.1 Å². The number of anilines is 1. The average molecular weight is 534 g/mol. The van der Waals surface area contributed by atoms with Gasteiger partial charge in [0, 0.05) is 25.3 Å². The quantitative estimate of drug-likeness (QED) is 0.397. The lowest BCUT2D eigenvalue weighted by Crippen LogP contribution is -2.48. The smallest absolute Gasteiger partial charge is 0.225 e. The van der Waals surface area contributed by atoms with Crippen LogP contribution < -0.4 is 15.0 Å². The van der Waals surface area contributed by atoms with Crippen LogP contribution in [0.4, 0.5) is 5.69 Å². The predicted octanol–water partition coefficient (Wildman–Crippen LogP) is 5.17. The molecular weight excluding hydrogens is 498 g/mol. The first-order valence-electron chi connectivity index (χ1n) is 13.9. The maximum Gasteiger partial charge on any atom is 0.225 e. The number of halogens is 1. The Morgan fingerprint density at radius 1 is 1.00 bits per heavy atom. The monoisotopic (exact) mass is 533 g/mol. The predicted molar refractivity (Wildman–Crippen MR) is 152 cm³/mol. The van der Waals surface area contributed by atoms with Gasteiger partial charge < -0.3 is 25.0 Å². The molecule has 0 aromatic heterocycles. The first-order chi connectivity index (χ1) is 18.5. The first kappa shape index (κ1) is 25.5. The maximum absolute atomic E-state index is 13.5. The molecule has 2 heterocycles. The zero-order valence-corrected chi connectivity index (χ0v) is 22.4. The van der Waals surface area contributed by atoms with Crippen molar-refractivity contribution < 1.29 is 14.6 Å². The van der Waals surface area contributed by atoms with Crippen molar-refractivity contribution in [3.05, 3.63) is 71.2 Å². The fraction of sp³-hybridized carbons (Fsp3) is 0.452. The fourth-order valence-corrected chi connectivity index (χ4v) is 5.98. The van der Waals surface area contributed by atoms with Crippen molar-refractivity contribution in [1.82, 2.24) is 10.2 Å². The Morgan fingerprint density at radius 3 is 2.55 bits per heavy atom. The summed E-state index contributed by atoms with van der Waals surface area (Å²) in [5.41, 5.74) is 1.85. The molecule has 3 fully saturated rings. The van der Waals surface area contributed by atoms with Crippen LogP contribution in [0.3, 0.4) is 0 Å². The number of carbonyl (C=O) groups excluding carboxylic acids is 1. The average Bonchev–Trinajstić information content (AvgIpc) is 3.37. The van der Waals surface area contributed by atoms with Crippen LogP contribution in [0.5, 0.6) is 5.75 Å². The summed E-state index contributed by atoms with van der Waals surface area (Å²) in [5.74, 6) is 0.550. The number of rotatable bonds is 9. The van der Waals surface area contributed by atoms with Gasteiger partial charge in [-0.3, -0.25) is 4.79 Å². The Bertz CT molecular complexity index is 1290. The number of carbonyl (C=O) groups is 1. The largest absolute Gasteiger partial charge is 0.489 e. The summed E-state index contributed by atoms with van der Waals surface area (Å²) < 4.78 is 5.86. The van der Waals surface area contributed by atoms with Crippen molar-refractivity contribution in [2.75, 3.05) is 37.6 Å². The van der Waals surface area contributed by atoms with Crippen molar-refractivity contribution in [2.45, 2.75) is 50.4 Å². The second kappa shape index (κ2) is 11.1. The Kier molecular flexibility index (Phi) is 7.46. The molecule has 1 amide bonds. The normalized spacial score (nSPS) is 21.5. The molecule has 6 nitrogen and oxygen atoms in total. The number of fused-ring (bicyclic) bond motifs is 1. The van der Waals surface area contributed by atoms with Gasteiger partial charge in [0.15, 0.2) is 0 Å². The van der Waals surface area contributed by atoms with E-state index in [0.717, 1.165) is 57.4 Å². The summed E-state index contributed by atoms with van der Waals surface area (Å²) >= 11 is 6.50. The molecule has 2 saturated heterocycles. The molecule has 3 atom stereocenters. The Hall–Kier alpha value is -2.80. The van der Waals surface area contributed by atoms with E-state index in [1.54, 1.807) is 6.07 Å². The number of benzene rings is 3. The van der Waals surface area contributed by atoms with Crippen LogP contribution in [0.1, 0.15) is 43.8 Å². The highest BCUT2D eigenvalue weighted by molar-refractivity contribution is 6.32. The summed E-state index contributed by atoms with van der Waals surface area (Å²) in [6.45, 7) is 4.12. The molecule has 2 N–H and O–H groups in total. The van der Waals surface area contributed by atoms with Crippen molar-refractivity contribution in [1.29, 1.82) is 0 Å². The minimum absolute atomic E-state index is 0.0105. The number of nitrogens with one attached hydrogen (secondary N) is 1. The van der Waals surface area contributed by atoms with Gasteiger partial charge in [-0.1, -0.05) is 48.0 Å². The molecule has 1 aliphatic carbocycles. The fourth-order valence-electron chi connectivity index (χ4n) is 5.74. The SMILES string of the molecule is O=C(NC(CN1CCCC1)C(O)c1ccc(OC2CC2)c(Cl)c1)C1CCN(c2ccc3ccccc3c2)C1. The van der Waals surface area contributed by atoms with Crippen molar-refractivity contribution >= 4 is 34.0 Å². The topological polar surface area (TPSA) is 65.0 Å². The van der Waals surface area contributed by atoms with Crippen molar-refractivity contribution in [2.24, 2.45) is 5.92 Å². The van der Waals surface area contributed by atoms with Crippen LogP contribution in [0.15, 0.2) is 60.7 Å². The zero-order chi connectivity index (χ0) is 26.1. The summed E-state index contributed by atoms with van der Waals surface area (Å²) in [6, 6.07) is 19.9. The minimum atomic E-state index is -0.856. The number of likely N-dealkylation sites (tertiary alicyclic amines) is 1. The van der Waals surface area contributed by atoms with Gasteiger partial charge in [-0.05, 0) is 85.8 Å². The summed E-state index contributed by atoms with van der Waals surface area (Å²) in [5, 5.41) is 17.6. The van der Waals surface area contributed by atoms with Gasteiger partial charge >= 0.3 is 0 Å². The van der Waals surface area contributed by atoms with Crippen LogP contribution >= 0.6 is 11.6 Å². The van der Waals surface area contributed by atoms with Gasteiger partial charge in [-0.2, -0.15) is 0 Å². The molecule has 0 spiro atoms. The summed E-state index contributed by atoms with van der Waals surface area (Å²) in [7, 11) is 0. The number of nitrogens with zero attached hydrogens (tertiary/aromatic N) is 2. The standard InChI is InChI=1S/C31H36ClN3O3/c32-27-18-23(8-12-29(27)38-26-10-11-26)30(36)28(20-34-14-3-4-15-34)33-31(37)24-13-16-35(19-24)25-9-7-21-5-1-2-6-22(21)17-25/h1-2,5-9,12,17-18,24,26,28,30,36H,3-4,10-11,13-16,19-20H2,(H,33,37). The van der Waals surface area contributed by atoms with Gasteiger partial charge in [0.25, 0.3) is 0 Å². The van der Waals surface area contributed by atoms with Gasteiger partial charge in [-0.25, -0.2) is 0 Å². The molecular formula is C31H36ClN3O3. The van der Waals surface area contributed by atoms with Crippen LogP contribution in [0.2, 0.25) is 5.02 Å². The maximum atomic E-state index is 13.5. The van der Waals surface area contributed by atoms with Gasteiger partial charge in [0.05, 0.1) is 23.1 Å². The number of hydrogen-bond donors (Lipinski definition) is 2. The lowest BCUT2D eigenvalue weighted by Gasteiger charge is -2.30. The van der Waals surface area contributed by atoms with Gasteiger partial charge in [0.1, 0.15) is 11.9 Å². The molecule has 38 heavy (non-hydrogen) atoms. The van der Waals surface area contributed by atoms with Gasteiger partial charge in [0.2, 0.25) is 5.91 Å². The molecule has 0 radical (unpaired) electrons. The van der Waals surface area contributed by atoms with Crippen LogP contribution in [0.25, 0.3) is 10.8 Å². The van der Waals surface area contributed by atoms with E-state index in [1.165, 1.54) is 10.8 Å². The summed E-state index contributed by atoms with van der Waals surface area (Å²) in [6.07, 6.45) is 4.62. The lowest BCUT2D eigenvalue weighted by molar-refractivity contribution is -0.126. The van der Waals surface area contributed by atoms with E-state index in [2.05, 4.69) is 57.6 Å².